The molecule has 1 saturated heterocycles. The summed E-state index contributed by atoms with van der Waals surface area (Å²) in [5, 5.41) is 3.23. The van der Waals surface area contributed by atoms with E-state index in [0.29, 0.717) is 25.7 Å². The number of piperidine rings is 1. The lowest BCUT2D eigenvalue weighted by Crippen LogP contribution is -2.48. The van der Waals surface area contributed by atoms with E-state index in [4.69, 9.17) is 5.73 Å². The lowest BCUT2D eigenvalue weighted by atomic mass is 10.1. The highest BCUT2D eigenvalue weighted by molar-refractivity contribution is 5.77. The molecule has 6 nitrogen and oxygen atoms in total. The van der Waals surface area contributed by atoms with Crippen LogP contribution >= 0.6 is 0 Å². The van der Waals surface area contributed by atoms with Crippen LogP contribution < -0.4 is 11.1 Å². The number of nitrogens with two attached hydrogens (primary N) is 1. The van der Waals surface area contributed by atoms with Crippen molar-refractivity contribution in [3.63, 3.8) is 0 Å². The molecule has 3 amide bonds. The van der Waals surface area contributed by atoms with E-state index in [9.17, 15) is 9.59 Å². The van der Waals surface area contributed by atoms with Gasteiger partial charge in [-0.3, -0.25) is 4.79 Å². The summed E-state index contributed by atoms with van der Waals surface area (Å²) in [6, 6.07) is -0.0509. The van der Waals surface area contributed by atoms with Crippen molar-refractivity contribution in [2.24, 2.45) is 5.73 Å². The number of carbonyl (C=O) groups excluding carboxylic acids is 2. The molecule has 1 rings (SSSR count). The Labute approximate surface area is 102 Å². The first-order valence-corrected chi connectivity index (χ1v) is 6.06. The predicted molar refractivity (Wildman–Crippen MR) is 65.5 cm³/mol. The van der Waals surface area contributed by atoms with Crippen LogP contribution in [0.25, 0.3) is 0 Å². The molecule has 0 spiro atoms. The van der Waals surface area contributed by atoms with Crippen LogP contribution in [0.3, 0.4) is 0 Å². The maximum absolute atomic E-state index is 11.6. The van der Waals surface area contributed by atoms with Gasteiger partial charge in [0.15, 0.2) is 0 Å². The number of primary amides is 1. The molecule has 0 aliphatic carbocycles. The third-order valence-corrected chi connectivity index (χ3v) is 3.25. The monoisotopic (exact) mass is 242 g/mol. The number of rotatable bonds is 4. The second-order valence-electron chi connectivity index (χ2n) is 4.39. The quantitative estimate of drug-likeness (QED) is 0.704. The zero-order valence-electron chi connectivity index (χ0n) is 10.6. The Bertz CT molecular complexity index is 275. The fourth-order valence-corrected chi connectivity index (χ4v) is 1.85. The van der Waals surface area contributed by atoms with E-state index in [1.54, 1.807) is 16.8 Å². The van der Waals surface area contributed by atoms with Gasteiger partial charge < -0.3 is 20.9 Å². The van der Waals surface area contributed by atoms with E-state index in [1.165, 1.54) is 0 Å². The van der Waals surface area contributed by atoms with Gasteiger partial charge in [0.25, 0.3) is 0 Å². The molecule has 0 atom stereocenters. The van der Waals surface area contributed by atoms with Gasteiger partial charge in [0.05, 0.1) is 6.54 Å². The normalized spacial score (nSPS) is 16.9. The van der Waals surface area contributed by atoms with Crippen LogP contribution in [0.1, 0.15) is 19.8 Å². The van der Waals surface area contributed by atoms with Crippen LogP contribution in [0.5, 0.6) is 0 Å². The van der Waals surface area contributed by atoms with Crippen LogP contribution in [0, 0.1) is 0 Å². The first-order valence-electron chi connectivity index (χ1n) is 6.06. The molecule has 0 aromatic carbocycles. The molecule has 98 valence electrons. The van der Waals surface area contributed by atoms with Gasteiger partial charge in [0.2, 0.25) is 5.91 Å². The minimum absolute atomic E-state index is 0.102. The molecule has 1 fully saturated rings. The average Bonchev–Trinajstić information content (AvgIpc) is 2.35. The zero-order chi connectivity index (χ0) is 12.8. The lowest BCUT2D eigenvalue weighted by molar-refractivity contribution is -0.128. The van der Waals surface area contributed by atoms with E-state index in [0.717, 1.165) is 19.4 Å². The van der Waals surface area contributed by atoms with Crippen molar-refractivity contribution in [1.82, 2.24) is 15.1 Å². The third-order valence-electron chi connectivity index (χ3n) is 3.25. The Kier molecular flexibility index (Phi) is 5.21. The lowest BCUT2D eigenvalue weighted by Gasteiger charge is -2.31. The van der Waals surface area contributed by atoms with Crippen molar-refractivity contribution in [3.05, 3.63) is 0 Å². The molecule has 0 saturated carbocycles. The predicted octanol–water partition coefficient (Wildman–Crippen LogP) is -0.403. The Morgan fingerprint density at radius 3 is 2.47 bits per heavy atom. The van der Waals surface area contributed by atoms with Crippen LogP contribution in [0.4, 0.5) is 4.79 Å². The van der Waals surface area contributed by atoms with Crippen molar-refractivity contribution >= 4 is 11.9 Å². The minimum Gasteiger partial charge on any atom is -0.351 e. The molecule has 1 heterocycles. The maximum atomic E-state index is 11.6. The summed E-state index contributed by atoms with van der Waals surface area (Å²) < 4.78 is 0. The first-order chi connectivity index (χ1) is 8.04. The number of hydrogen-bond donors (Lipinski definition) is 2. The van der Waals surface area contributed by atoms with Gasteiger partial charge in [0, 0.05) is 32.7 Å². The van der Waals surface area contributed by atoms with Gasteiger partial charge in [0.1, 0.15) is 0 Å². The topological polar surface area (TPSA) is 78.7 Å². The summed E-state index contributed by atoms with van der Waals surface area (Å²) >= 11 is 0. The first kappa shape index (κ1) is 13.8. The summed E-state index contributed by atoms with van der Waals surface area (Å²) in [7, 11) is 1.79. The van der Waals surface area contributed by atoms with E-state index < -0.39 is 0 Å². The molecule has 1 aliphatic heterocycles. The van der Waals surface area contributed by atoms with Crippen LogP contribution in [0.15, 0.2) is 0 Å². The molecule has 3 N–H and O–H groups in total. The van der Waals surface area contributed by atoms with Crippen LogP contribution in [-0.4, -0.2) is 61.0 Å². The van der Waals surface area contributed by atoms with Crippen molar-refractivity contribution in [2.75, 3.05) is 33.2 Å². The number of likely N-dealkylation sites (tertiary alicyclic amines) is 1. The Morgan fingerprint density at radius 1 is 1.41 bits per heavy atom. The standard InChI is InChI=1S/C11H22N4O2/c1-3-14(2)10(16)8-13-9-4-6-15(7-5-9)11(12)17/h9,13H,3-8H2,1-2H3,(H2,12,17). The molecule has 0 unspecified atom stereocenters. The number of amides is 3. The number of hydrogen-bond acceptors (Lipinski definition) is 3. The highest BCUT2D eigenvalue weighted by Crippen LogP contribution is 2.09. The molecule has 1 aliphatic rings. The van der Waals surface area contributed by atoms with Crippen molar-refractivity contribution in [2.45, 2.75) is 25.8 Å². The number of carbonyl (C=O) groups is 2. The summed E-state index contributed by atoms with van der Waals surface area (Å²) in [6.45, 7) is 4.38. The largest absolute Gasteiger partial charge is 0.351 e. The Hall–Kier alpha value is -1.30. The van der Waals surface area contributed by atoms with Gasteiger partial charge in [-0.15, -0.1) is 0 Å². The molecule has 6 heteroatoms. The van der Waals surface area contributed by atoms with Gasteiger partial charge in [-0.05, 0) is 19.8 Å². The smallest absolute Gasteiger partial charge is 0.314 e. The molecule has 0 aromatic heterocycles. The van der Waals surface area contributed by atoms with Gasteiger partial charge >= 0.3 is 6.03 Å². The number of urea groups is 1. The second-order valence-corrected chi connectivity index (χ2v) is 4.39. The maximum Gasteiger partial charge on any atom is 0.314 e. The molecule has 0 bridgehead atoms. The van der Waals surface area contributed by atoms with E-state index in [1.807, 2.05) is 6.92 Å². The summed E-state index contributed by atoms with van der Waals surface area (Å²) in [5.74, 6) is 0.102. The van der Waals surface area contributed by atoms with Crippen molar-refractivity contribution < 1.29 is 9.59 Å². The Morgan fingerprint density at radius 2 is 2.00 bits per heavy atom. The van der Waals surface area contributed by atoms with E-state index in [-0.39, 0.29) is 11.9 Å². The molecule has 17 heavy (non-hydrogen) atoms. The molecular weight excluding hydrogens is 220 g/mol. The van der Waals surface area contributed by atoms with Crippen LogP contribution in [0.2, 0.25) is 0 Å². The number of nitrogens with zero attached hydrogens (tertiary/aromatic N) is 2. The van der Waals surface area contributed by atoms with Gasteiger partial charge in [-0.25, -0.2) is 4.79 Å². The molecule has 0 aromatic rings. The summed E-state index contributed by atoms with van der Waals surface area (Å²) in [5.41, 5.74) is 5.20. The average molecular weight is 242 g/mol. The van der Waals surface area contributed by atoms with E-state index >= 15 is 0 Å². The highest BCUT2D eigenvalue weighted by Gasteiger charge is 2.21. The second kappa shape index (κ2) is 6.44. The third kappa shape index (κ3) is 4.22. The van der Waals surface area contributed by atoms with Crippen LogP contribution in [-0.2, 0) is 4.79 Å². The SMILES string of the molecule is CCN(C)C(=O)CNC1CCN(C(N)=O)CC1. The summed E-state index contributed by atoms with van der Waals surface area (Å²) in [6.07, 6.45) is 1.71. The number of nitrogens with one attached hydrogen (secondary N) is 1. The van der Waals surface area contributed by atoms with Crippen molar-refractivity contribution in [1.29, 1.82) is 0 Å². The molecule has 0 radical (unpaired) electrons. The van der Waals surface area contributed by atoms with Crippen molar-refractivity contribution in [3.8, 4) is 0 Å². The Balaban J connectivity index is 2.22. The van der Waals surface area contributed by atoms with Gasteiger partial charge in [-0.2, -0.15) is 0 Å². The zero-order valence-corrected chi connectivity index (χ0v) is 10.6. The van der Waals surface area contributed by atoms with Gasteiger partial charge in [-0.1, -0.05) is 0 Å². The number of likely N-dealkylation sites (N-methyl/N-ethyl adjacent to an activating group) is 1. The summed E-state index contributed by atoms with van der Waals surface area (Å²) in [4.78, 5) is 25.8. The van der Waals surface area contributed by atoms with E-state index in [2.05, 4.69) is 5.32 Å². The molecular formula is C11H22N4O2. The fourth-order valence-electron chi connectivity index (χ4n) is 1.85. The fraction of sp³-hybridized carbons (Fsp3) is 0.818. The minimum atomic E-state index is -0.356. The highest BCUT2D eigenvalue weighted by atomic mass is 16.2.